The molecule has 1 aliphatic rings. The average molecular weight is 315 g/mol. The van der Waals surface area contributed by atoms with E-state index in [-0.39, 0.29) is 12.6 Å². The zero-order valence-corrected chi connectivity index (χ0v) is 12.9. The van der Waals surface area contributed by atoms with Crippen molar-refractivity contribution >= 4 is 5.97 Å². The van der Waals surface area contributed by atoms with Crippen LogP contribution in [-0.2, 0) is 14.2 Å². The summed E-state index contributed by atoms with van der Waals surface area (Å²) in [6.45, 7) is 8.51. The highest BCUT2D eigenvalue weighted by atomic mass is 16.7. The van der Waals surface area contributed by atoms with E-state index in [0.717, 1.165) is 11.1 Å². The molecule has 1 unspecified atom stereocenters. The quantitative estimate of drug-likeness (QED) is 0.618. The molecule has 1 fully saturated rings. The number of hydrogen-bond donors (Lipinski definition) is 1. The topological polar surface area (TPSA) is 70.8 Å². The molecule has 1 heterocycles. The zero-order valence-electron chi connectivity index (χ0n) is 12.9. The minimum absolute atomic E-state index is 0.0728. The second kappa shape index (κ2) is 8.43. The SMILES string of the molecule is C=C/C=C(\C=C)C(N)c1cccc(C(=O)OCC2OCCO2)c1. The molecule has 2 rings (SSSR count). The molecular weight excluding hydrogens is 294 g/mol. The molecule has 0 bridgehead atoms. The van der Waals surface area contributed by atoms with Crippen LogP contribution in [-0.4, -0.2) is 32.1 Å². The Balaban J connectivity index is 2.06. The van der Waals surface area contributed by atoms with E-state index in [1.165, 1.54) is 0 Å². The van der Waals surface area contributed by atoms with Gasteiger partial charge in [-0.1, -0.05) is 43.5 Å². The fraction of sp³-hybridized carbons (Fsp3) is 0.278. The smallest absolute Gasteiger partial charge is 0.338 e. The van der Waals surface area contributed by atoms with Crippen molar-refractivity contribution in [2.45, 2.75) is 12.3 Å². The van der Waals surface area contributed by atoms with Crippen LogP contribution in [0.4, 0.5) is 0 Å². The summed E-state index contributed by atoms with van der Waals surface area (Å²) < 4.78 is 15.7. The van der Waals surface area contributed by atoms with Crippen LogP contribution in [0.2, 0.25) is 0 Å². The normalized spacial score (nSPS) is 16.8. The van der Waals surface area contributed by atoms with Gasteiger partial charge >= 0.3 is 5.97 Å². The monoisotopic (exact) mass is 315 g/mol. The number of benzene rings is 1. The Morgan fingerprint density at radius 2 is 2.13 bits per heavy atom. The first-order chi connectivity index (χ1) is 11.2. The summed E-state index contributed by atoms with van der Waals surface area (Å²) >= 11 is 0. The highest BCUT2D eigenvalue weighted by molar-refractivity contribution is 5.89. The summed E-state index contributed by atoms with van der Waals surface area (Å²) in [6.07, 6.45) is 4.63. The van der Waals surface area contributed by atoms with E-state index in [1.54, 1.807) is 36.4 Å². The van der Waals surface area contributed by atoms with E-state index in [0.29, 0.717) is 18.8 Å². The van der Waals surface area contributed by atoms with Crippen molar-refractivity contribution in [1.29, 1.82) is 0 Å². The van der Waals surface area contributed by atoms with Crippen molar-refractivity contribution in [2.24, 2.45) is 5.73 Å². The lowest BCUT2D eigenvalue weighted by molar-refractivity contribution is -0.0809. The molecule has 1 aliphatic heterocycles. The minimum atomic E-state index is -0.479. The largest absolute Gasteiger partial charge is 0.457 e. The first-order valence-corrected chi connectivity index (χ1v) is 7.36. The molecule has 1 saturated heterocycles. The van der Waals surface area contributed by atoms with E-state index < -0.39 is 12.3 Å². The number of ether oxygens (including phenoxy) is 3. The number of nitrogens with two attached hydrogens (primary N) is 1. The summed E-state index contributed by atoms with van der Waals surface area (Å²) in [5.41, 5.74) is 8.24. The standard InChI is InChI=1S/C18H21NO4/c1-3-6-13(4-2)17(19)14-7-5-8-15(11-14)18(20)23-12-16-21-9-10-22-16/h3-8,11,16-17H,1-2,9-10,12,19H2/b13-6+. The van der Waals surface area contributed by atoms with E-state index in [9.17, 15) is 4.79 Å². The van der Waals surface area contributed by atoms with Crippen LogP contribution in [0.1, 0.15) is 22.0 Å². The molecule has 0 amide bonds. The summed E-state index contributed by atoms with van der Waals surface area (Å²) in [5.74, 6) is -0.439. The Hall–Kier alpha value is -2.21. The minimum Gasteiger partial charge on any atom is -0.457 e. The van der Waals surface area contributed by atoms with Gasteiger partial charge in [-0.3, -0.25) is 0 Å². The summed E-state index contributed by atoms with van der Waals surface area (Å²) in [6, 6.07) is 6.62. The van der Waals surface area contributed by atoms with Crippen molar-refractivity contribution in [3.8, 4) is 0 Å². The van der Waals surface area contributed by atoms with Gasteiger partial charge in [-0.25, -0.2) is 4.79 Å². The number of rotatable bonds is 7. The van der Waals surface area contributed by atoms with E-state index in [1.807, 2.05) is 6.07 Å². The van der Waals surface area contributed by atoms with Crippen LogP contribution in [0.5, 0.6) is 0 Å². The molecule has 0 spiro atoms. The molecule has 0 saturated carbocycles. The number of carbonyl (C=O) groups is 1. The third-order valence-corrected chi connectivity index (χ3v) is 3.43. The maximum Gasteiger partial charge on any atom is 0.338 e. The van der Waals surface area contributed by atoms with Gasteiger partial charge in [0.2, 0.25) is 0 Å². The molecule has 1 atom stereocenters. The fourth-order valence-electron chi connectivity index (χ4n) is 2.22. The van der Waals surface area contributed by atoms with Gasteiger partial charge in [0.05, 0.1) is 24.8 Å². The van der Waals surface area contributed by atoms with Gasteiger partial charge in [-0.15, -0.1) is 0 Å². The Labute approximate surface area is 136 Å². The Morgan fingerprint density at radius 3 is 2.78 bits per heavy atom. The first kappa shape index (κ1) is 17.1. The van der Waals surface area contributed by atoms with E-state index in [2.05, 4.69) is 13.2 Å². The van der Waals surface area contributed by atoms with Crippen LogP contribution in [0.25, 0.3) is 0 Å². The van der Waals surface area contributed by atoms with E-state index >= 15 is 0 Å². The Kier molecular flexibility index (Phi) is 6.29. The first-order valence-electron chi connectivity index (χ1n) is 7.36. The van der Waals surface area contributed by atoms with Gasteiger partial charge in [-0.2, -0.15) is 0 Å². The molecule has 23 heavy (non-hydrogen) atoms. The second-order valence-electron chi connectivity index (χ2n) is 4.98. The molecule has 122 valence electrons. The molecule has 1 aromatic rings. The fourth-order valence-corrected chi connectivity index (χ4v) is 2.22. The van der Waals surface area contributed by atoms with Crippen molar-refractivity contribution in [3.05, 3.63) is 72.4 Å². The van der Waals surface area contributed by atoms with Crippen molar-refractivity contribution < 1.29 is 19.0 Å². The maximum absolute atomic E-state index is 12.1. The van der Waals surface area contributed by atoms with Gasteiger partial charge < -0.3 is 19.9 Å². The van der Waals surface area contributed by atoms with Gasteiger partial charge in [0.25, 0.3) is 0 Å². The van der Waals surface area contributed by atoms with Crippen LogP contribution in [0, 0.1) is 0 Å². The summed E-state index contributed by atoms with van der Waals surface area (Å²) in [7, 11) is 0. The highest BCUT2D eigenvalue weighted by Gasteiger charge is 2.19. The zero-order chi connectivity index (χ0) is 16.7. The van der Waals surface area contributed by atoms with Gasteiger partial charge in [0.1, 0.15) is 6.61 Å². The molecule has 2 N–H and O–H groups in total. The highest BCUT2D eigenvalue weighted by Crippen LogP contribution is 2.21. The molecule has 5 nitrogen and oxygen atoms in total. The number of allylic oxidation sites excluding steroid dienone is 2. The molecule has 0 aliphatic carbocycles. The molecular formula is C18H21NO4. The third kappa shape index (κ3) is 4.63. The lowest BCUT2D eigenvalue weighted by atomic mass is 9.97. The van der Waals surface area contributed by atoms with Gasteiger partial charge in [0, 0.05) is 0 Å². The number of carbonyl (C=O) groups excluding carboxylic acids is 1. The van der Waals surface area contributed by atoms with Gasteiger partial charge in [0.15, 0.2) is 6.29 Å². The van der Waals surface area contributed by atoms with Crippen LogP contribution < -0.4 is 5.73 Å². The lowest BCUT2D eigenvalue weighted by Crippen LogP contribution is -2.20. The number of esters is 1. The molecule has 5 heteroatoms. The lowest BCUT2D eigenvalue weighted by Gasteiger charge is -2.15. The summed E-state index contributed by atoms with van der Waals surface area (Å²) in [5, 5.41) is 0. The van der Waals surface area contributed by atoms with Crippen molar-refractivity contribution in [3.63, 3.8) is 0 Å². The predicted octanol–water partition coefficient (Wildman–Crippen LogP) is 2.51. The van der Waals surface area contributed by atoms with Crippen LogP contribution in [0.15, 0.2) is 61.2 Å². The Bertz CT molecular complexity index is 603. The molecule has 0 radical (unpaired) electrons. The Morgan fingerprint density at radius 1 is 1.39 bits per heavy atom. The van der Waals surface area contributed by atoms with Crippen LogP contribution in [0.3, 0.4) is 0 Å². The summed E-state index contributed by atoms with van der Waals surface area (Å²) in [4.78, 5) is 12.1. The maximum atomic E-state index is 12.1. The predicted molar refractivity (Wildman–Crippen MR) is 87.8 cm³/mol. The van der Waals surface area contributed by atoms with Crippen molar-refractivity contribution in [1.82, 2.24) is 0 Å². The number of hydrogen-bond acceptors (Lipinski definition) is 5. The second-order valence-corrected chi connectivity index (χ2v) is 4.98. The molecule has 1 aromatic carbocycles. The van der Waals surface area contributed by atoms with E-state index in [4.69, 9.17) is 19.9 Å². The van der Waals surface area contributed by atoms with Crippen molar-refractivity contribution in [2.75, 3.05) is 19.8 Å². The van der Waals surface area contributed by atoms with Gasteiger partial charge in [-0.05, 0) is 23.3 Å². The average Bonchev–Trinajstić information content (AvgIpc) is 3.10. The third-order valence-electron chi connectivity index (χ3n) is 3.43. The van der Waals surface area contributed by atoms with Crippen LogP contribution >= 0.6 is 0 Å². The molecule has 0 aromatic heterocycles.